The van der Waals surface area contributed by atoms with Crippen LogP contribution in [0.3, 0.4) is 0 Å². The van der Waals surface area contributed by atoms with Crippen LogP contribution in [0, 0.1) is 0 Å². The molecule has 3 nitrogen and oxygen atoms in total. The summed E-state index contributed by atoms with van der Waals surface area (Å²) in [6.07, 6.45) is -1.22. The maximum atomic E-state index is 12.6. The van der Waals surface area contributed by atoms with Crippen LogP contribution in [0.25, 0.3) is 11.0 Å². The van der Waals surface area contributed by atoms with Gasteiger partial charge in [0.15, 0.2) is 0 Å². The highest BCUT2D eigenvalue weighted by Gasteiger charge is 2.14. The summed E-state index contributed by atoms with van der Waals surface area (Å²) in [5.41, 5.74) is 1.09. The topological polar surface area (TPSA) is 48.9 Å². The zero-order valence-electron chi connectivity index (χ0n) is 7.17. The molecule has 0 fully saturated rings. The fourth-order valence-corrected chi connectivity index (χ4v) is 1.40. The number of aliphatic hydroxyl groups excluding tert-OH is 1. The minimum absolute atomic E-state index is 0.146. The van der Waals surface area contributed by atoms with Gasteiger partial charge in [-0.25, -0.2) is 13.8 Å². The molecule has 0 radical (unpaired) electrons. The molecule has 0 amide bonds. The molecule has 1 aromatic carbocycles. The van der Waals surface area contributed by atoms with E-state index in [1.165, 1.54) is 12.4 Å². The van der Waals surface area contributed by atoms with E-state index >= 15 is 0 Å². The third-order valence-corrected chi connectivity index (χ3v) is 2.03. The first kappa shape index (κ1) is 9.08. The Morgan fingerprint density at radius 1 is 1.43 bits per heavy atom. The zero-order chi connectivity index (χ0) is 10.1. The van der Waals surface area contributed by atoms with Gasteiger partial charge in [-0.3, -0.25) is 0 Å². The van der Waals surface area contributed by atoms with Crippen molar-refractivity contribution in [1.82, 2.24) is 9.97 Å². The minimum atomic E-state index is -2.58. The van der Waals surface area contributed by atoms with Crippen molar-refractivity contribution in [1.29, 1.82) is 0 Å². The lowest BCUT2D eigenvalue weighted by molar-refractivity contribution is 0.152. The van der Waals surface area contributed by atoms with Gasteiger partial charge in [-0.05, 0) is 17.7 Å². The zero-order valence-corrected chi connectivity index (χ0v) is 7.17. The van der Waals surface area contributed by atoms with Crippen molar-refractivity contribution < 1.29 is 13.9 Å². The van der Waals surface area contributed by atoms with E-state index in [0.717, 1.165) is 0 Å². The Hall–Kier alpha value is -1.49. The highest BCUT2D eigenvalue weighted by molar-refractivity contribution is 5.79. The summed E-state index contributed by atoms with van der Waals surface area (Å²) in [5, 5.41) is 8.86. The Morgan fingerprint density at radius 2 is 2.21 bits per heavy atom. The van der Waals surface area contributed by atoms with Crippen molar-refractivity contribution in [2.75, 3.05) is 0 Å². The first-order valence-corrected chi connectivity index (χ1v) is 4.07. The van der Waals surface area contributed by atoms with Crippen LogP contribution in [0.5, 0.6) is 0 Å². The van der Waals surface area contributed by atoms with E-state index in [9.17, 15) is 8.78 Å². The average molecular weight is 198 g/mol. The van der Waals surface area contributed by atoms with Crippen molar-refractivity contribution in [2.45, 2.75) is 13.0 Å². The minimum Gasteiger partial charge on any atom is -0.392 e. The van der Waals surface area contributed by atoms with Crippen molar-refractivity contribution >= 4 is 11.0 Å². The summed E-state index contributed by atoms with van der Waals surface area (Å²) in [6.45, 7) is -0.255. The van der Waals surface area contributed by atoms with Gasteiger partial charge in [0.05, 0.1) is 24.0 Å². The monoisotopic (exact) mass is 198 g/mol. The highest BCUT2D eigenvalue weighted by atomic mass is 19.3. The third-order valence-electron chi connectivity index (χ3n) is 2.03. The number of hydrogen-bond donors (Lipinski definition) is 2. The van der Waals surface area contributed by atoms with E-state index in [4.69, 9.17) is 5.11 Å². The normalized spacial score (nSPS) is 11.4. The second kappa shape index (κ2) is 3.34. The maximum Gasteiger partial charge on any atom is 0.266 e. The predicted octanol–water partition coefficient (Wildman–Crippen LogP) is 1.99. The van der Waals surface area contributed by atoms with E-state index in [0.29, 0.717) is 11.1 Å². The molecule has 0 unspecified atom stereocenters. The fourth-order valence-electron chi connectivity index (χ4n) is 1.40. The molecule has 14 heavy (non-hydrogen) atoms. The third kappa shape index (κ3) is 1.35. The molecule has 1 heterocycles. The van der Waals surface area contributed by atoms with Gasteiger partial charge in [0, 0.05) is 5.56 Å². The summed E-state index contributed by atoms with van der Waals surface area (Å²) < 4.78 is 25.1. The van der Waals surface area contributed by atoms with Crippen LogP contribution in [0.15, 0.2) is 18.5 Å². The van der Waals surface area contributed by atoms with Crippen LogP contribution in [-0.2, 0) is 6.61 Å². The lowest BCUT2D eigenvalue weighted by Gasteiger charge is -2.03. The number of fused-ring (bicyclic) bond motifs is 1. The SMILES string of the molecule is OCc1cc(C(F)F)c2nc[nH]c2c1. The van der Waals surface area contributed by atoms with Crippen LogP contribution in [0.4, 0.5) is 8.78 Å². The van der Waals surface area contributed by atoms with E-state index in [2.05, 4.69) is 9.97 Å². The van der Waals surface area contributed by atoms with Crippen LogP contribution in [0.2, 0.25) is 0 Å². The number of halogens is 2. The molecule has 0 saturated heterocycles. The number of aliphatic hydroxyl groups is 1. The van der Waals surface area contributed by atoms with E-state index in [1.807, 2.05) is 0 Å². The fraction of sp³-hybridized carbons (Fsp3) is 0.222. The Bertz CT molecular complexity index is 453. The molecular weight excluding hydrogens is 190 g/mol. The van der Waals surface area contributed by atoms with Crippen molar-refractivity contribution in [3.8, 4) is 0 Å². The number of rotatable bonds is 2. The Morgan fingerprint density at radius 3 is 2.86 bits per heavy atom. The molecule has 0 atom stereocenters. The van der Waals surface area contributed by atoms with E-state index < -0.39 is 6.43 Å². The Labute approximate surface area is 78.4 Å². The number of aromatic amines is 1. The first-order valence-electron chi connectivity index (χ1n) is 4.07. The van der Waals surface area contributed by atoms with Crippen molar-refractivity contribution in [3.05, 3.63) is 29.6 Å². The molecule has 0 saturated carbocycles. The lowest BCUT2D eigenvalue weighted by Crippen LogP contribution is -1.91. The molecule has 0 spiro atoms. The lowest BCUT2D eigenvalue weighted by atomic mass is 10.1. The Balaban J connectivity index is 2.70. The summed E-state index contributed by atoms with van der Waals surface area (Å²) >= 11 is 0. The summed E-state index contributed by atoms with van der Waals surface area (Å²) in [6, 6.07) is 2.88. The van der Waals surface area contributed by atoms with Gasteiger partial charge in [-0.15, -0.1) is 0 Å². The summed E-state index contributed by atoms with van der Waals surface area (Å²) in [5.74, 6) is 0. The Kier molecular flexibility index (Phi) is 2.17. The molecule has 0 aliphatic carbocycles. The van der Waals surface area contributed by atoms with Crippen LogP contribution in [0.1, 0.15) is 17.6 Å². The molecule has 0 bridgehead atoms. The van der Waals surface area contributed by atoms with Crippen LogP contribution in [-0.4, -0.2) is 15.1 Å². The second-order valence-electron chi connectivity index (χ2n) is 2.94. The molecule has 2 rings (SSSR count). The number of alkyl halides is 2. The quantitative estimate of drug-likeness (QED) is 0.775. The smallest absolute Gasteiger partial charge is 0.266 e. The van der Waals surface area contributed by atoms with Gasteiger partial charge in [0.1, 0.15) is 0 Å². The molecule has 74 valence electrons. The van der Waals surface area contributed by atoms with Gasteiger partial charge >= 0.3 is 0 Å². The van der Waals surface area contributed by atoms with Gasteiger partial charge in [-0.1, -0.05) is 0 Å². The van der Waals surface area contributed by atoms with Gasteiger partial charge < -0.3 is 10.1 Å². The van der Waals surface area contributed by atoms with Gasteiger partial charge in [0.2, 0.25) is 0 Å². The van der Waals surface area contributed by atoms with Crippen molar-refractivity contribution in [2.24, 2.45) is 0 Å². The number of benzene rings is 1. The summed E-state index contributed by atoms with van der Waals surface area (Å²) in [7, 11) is 0. The molecule has 0 aliphatic rings. The highest BCUT2D eigenvalue weighted by Crippen LogP contribution is 2.27. The first-order chi connectivity index (χ1) is 6.72. The number of aromatic nitrogens is 2. The molecule has 5 heteroatoms. The number of H-pyrrole nitrogens is 1. The van der Waals surface area contributed by atoms with Gasteiger partial charge in [-0.2, -0.15) is 0 Å². The van der Waals surface area contributed by atoms with E-state index in [1.54, 1.807) is 6.07 Å². The largest absolute Gasteiger partial charge is 0.392 e. The second-order valence-corrected chi connectivity index (χ2v) is 2.94. The molecule has 0 aliphatic heterocycles. The maximum absolute atomic E-state index is 12.6. The summed E-state index contributed by atoms with van der Waals surface area (Å²) in [4.78, 5) is 6.53. The van der Waals surface area contributed by atoms with E-state index in [-0.39, 0.29) is 17.7 Å². The number of hydrogen-bond acceptors (Lipinski definition) is 2. The van der Waals surface area contributed by atoms with Crippen LogP contribution < -0.4 is 0 Å². The molecule has 2 aromatic rings. The molecule has 1 aromatic heterocycles. The van der Waals surface area contributed by atoms with Crippen molar-refractivity contribution in [3.63, 3.8) is 0 Å². The molecular formula is C9H8F2N2O. The number of nitrogens with zero attached hydrogens (tertiary/aromatic N) is 1. The molecule has 2 N–H and O–H groups in total. The predicted molar refractivity (Wildman–Crippen MR) is 47.0 cm³/mol. The number of imidazole rings is 1. The average Bonchev–Trinajstić information content (AvgIpc) is 2.63. The number of nitrogens with one attached hydrogen (secondary N) is 1. The van der Waals surface area contributed by atoms with Gasteiger partial charge in [0.25, 0.3) is 6.43 Å². The van der Waals surface area contributed by atoms with Crippen LogP contribution >= 0.6 is 0 Å². The standard InChI is InChI=1S/C9H8F2N2O/c10-9(11)6-1-5(3-14)2-7-8(6)13-4-12-7/h1-2,4,9,14H,3H2,(H,12,13).